The van der Waals surface area contributed by atoms with Crippen molar-refractivity contribution in [2.45, 2.75) is 111 Å². The number of hydrogen-bond donors (Lipinski definition) is 3. The number of phenols is 1. The third-order valence-electron chi connectivity index (χ3n) is 14.3. The lowest BCUT2D eigenvalue weighted by Gasteiger charge is -2.63. The summed E-state index contributed by atoms with van der Waals surface area (Å²) >= 11 is 0. The van der Waals surface area contributed by atoms with Crippen LogP contribution in [0.2, 0.25) is 0 Å². The number of nitrogens with zero attached hydrogens (tertiary/aromatic N) is 2. The number of likely N-dealkylation sites (tertiary alicyclic amines) is 2. The Morgan fingerprint density at radius 3 is 2.67 bits per heavy atom. The molecular formula is C40H46N2O7. The number of hydrogen-bond acceptors (Lipinski definition) is 9. The molecule has 9 heteroatoms. The number of phenolic OH excluding ortho intramolecular Hbond substituents is 1. The summed E-state index contributed by atoms with van der Waals surface area (Å²) in [6.45, 7) is 1.73. The molecule has 9 nitrogen and oxygen atoms in total. The van der Waals surface area contributed by atoms with Gasteiger partial charge in [0.05, 0.1) is 17.6 Å². The summed E-state index contributed by atoms with van der Waals surface area (Å²) in [5.41, 5.74) is 4.98. The summed E-state index contributed by atoms with van der Waals surface area (Å²) in [6.07, 6.45) is 11.9. The lowest BCUT2D eigenvalue weighted by atomic mass is 9.48. The van der Waals surface area contributed by atoms with Crippen molar-refractivity contribution in [3.63, 3.8) is 0 Å². The topological polar surface area (TPSA) is 112 Å². The van der Waals surface area contributed by atoms with E-state index in [1.165, 1.54) is 16.7 Å². The summed E-state index contributed by atoms with van der Waals surface area (Å²) in [4.78, 5) is 18.2. The molecule has 4 aliphatic heterocycles. The molecule has 4 bridgehead atoms. The maximum Gasteiger partial charge on any atom is 0.306 e. The van der Waals surface area contributed by atoms with Gasteiger partial charge in [0, 0.05) is 46.5 Å². The van der Waals surface area contributed by atoms with Crippen molar-refractivity contribution in [2.75, 3.05) is 27.2 Å². The third-order valence-corrected chi connectivity index (χ3v) is 14.3. The van der Waals surface area contributed by atoms with Crippen molar-refractivity contribution in [3.8, 4) is 17.2 Å². The molecule has 2 spiro atoms. The van der Waals surface area contributed by atoms with E-state index in [2.05, 4.69) is 42.1 Å². The number of aromatic hydroxyl groups is 1. The fourth-order valence-electron chi connectivity index (χ4n) is 12.1. The van der Waals surface area contributed by atoms with E-state index in [9.17, 15) is 20.1 Å². The van der Waals surface area contributed by atoms with Crippen LogP contribution in [0.1, 0.15) is 72.8 Å². The number of ether oxygens (including phenoxy) is 3. The molecule has 8 aliphatic rings. The number of aliphatic hydroxyl groups excluding tert-OH is 1. The van der Waals surface area contributed by atoms with Crippen LogP contribution in [0.4, 0.5) is 0 Å². The Hall–Kier alpha value is -3.37. The molecule has 4 aliphatic carbocycles. The standard InChI is InChI=1S/C40H46N2O7/c1-41-17-15-38-26-10-12-29(37(38)49-35-28(44)11-9-23(32(35)38)19-27(26)41)47-31(45)6-4-3-5-22-13-14-40(46)30-20-24-7-8-25(21-43)34-33(24)39(40,36(22)48-34)16-18-42(30)2/h5,7-12,26-27,29-30,36-37,43-44,46H,3-4,6,13-21H2,1-2H3/b22-5+/t26-,27+,29?,30+,36?,37?,38-,39-,40+/m0/s1. The number of carbonyl (C=O) groups excluding carboxylic acids is 1. The van der Waals surface area contributed by atoms with Crippen molar-refractivity contribution < 1.29 is 34.3 Å². The number of likely N-dealkylation sites (N-methyl/N-ethyl adjacent to an activating group) is 2. The molecule has 1 saturated carbocycles. The van der Waals surface area contributed by atoms with Gasteiger partial charge in [-0.2, -0.15) is 0 Å². The van der Waals surface area contributed by atoms with Crippen LogP contribution >= 0.6 is 0 Å². The fourth-order valence-corrected chi connectivity index (χ4v) is 12.1. The fraction of sp³-hybridized carbons (Fsp3) is 0.575. The van der Waals surface area contributed by atoms with Gasteiger partial charge in [-0.25, -0.2) is 0 Å². The molecule has 4 heterocycles. The Morgan fingerprint density at radius 2 is 1.82 bits per heavy atom. The van der Waals surface area contributed by atoms with Crippen molar-refractivity contribution in [3.05, 3.63) is 75.9 Å². The second-order valence-electron chi connectivity index (χ2n) is 16.2. The maximum atomic E-state index is 13.4. The van der Waals surface area contributed by atoms with E-state index < -0.39 is 17.1 Å². The molecule has 0 amide bonds. The van der Waals surface area contributed by atoms with Gasteiger partial charge in [0.15, 0.2) is 17.6 Å². The molecule has 49 heavy (non-hydrogen) atoms. The lowest BCUT2D eigenvalue weighted by molar-refractivity contribution is -0.169. The molecule has 9 atom stereocenters. The molecule has 0 aromatic heterocycles. The van der Waals surface area contributed by atoms with E-state index in [0.29, 0.717) is 37.5 Å². The summed E-state index contributed by atoms with van der Waals surface area (Å²) < 4.78 is 19.5. The Kier molecular flexibility index (Phi) is 6.43. The molecular weight excluding hydrogens is 620 g/mol. The zero-order valence-corrected chi connectivity index (χ0v) is 28.4. The number of piperidine rings is 2. The van der Waals surface area contributed by atoms with E-state index in [-0.39, 0.29) is 47.9 Å². The van der Waals surface area contributed by atoms with Crippen LogP contribution < -0.4 is 9.47 Å². The zero-order chi connectivity index (χ0) is 33.4. The first kappa shape index (κ1) is 30.5. The monoisotopic (exact) mass is 666 g/mol. The number of aliphatic hydroxyl groups is 2. The highest BCUT2D eigenvalue weighted by Gasteiger charge is 2.71. The first-order chi connectivity index (χ1) is 23.7. The highest BCUT2D eigenvalue weighted by atomic mass is 16.6. The smallest absolute Gasteiger partial charge is 0.306 e. The highest BCUT2D eigenvalue weighted by Crippen LogP contribution is 2.66. The summed E-state index contributed by atoms with van der Waals surface area (Å²) in [5, 5.41) is 33.5. The second-order valence-corrected chi connectivity index (χ2v) is 16.2. The van der Waals surface area contributed by atoms with Gasteiger partial charge in [-0.05, 0) is 107 Å². The predicted octanol–water partition coefficient (Wildman–Crippen LogP) is 3.82. The summed E-state index contributed by atoms with van der Waals surface area (Å²) in [5.74, 6) is 1.53. The number of carbonyl (C=O) groups is 1. The molecule has 0 radical (unpaired) electrons. The van der Waals surface area contributed by atoms with Gasteiger partial charge in [-0.15, -0.1) is 0 Å². The normalized spacial score (nSPS) is 39.6. The molecule has 3 N–H and O–H groups in total. The lowest BCUT2D eigenvalue weighted by Crippen LogP contribution is -2.74. The quantitative estimate of drug-likeness (QED) is 0.241. The molecule has 258 valence electrons. The molecule has 2 aromatic rings. The largest absolute Gasteiger partial charge is 0.504 e. The average Bonchev–Trinajstić information content (AvgIpc) is 3.63. The molecule has 2 aromatic carbocycles. The third kappa shape index (κ3) is 3.72. The second kappa shape index (κ2) is 10.3. The number of esters is 1. The minimum absolute atomic E-state index is 0.0342. The highest BCUT2D eigenvalue weighted by molar-refractivity contribution is 5.70. The van der Waals surface area contributed by atoms with Crippen LogP contribution in [0.3, 0.4) is 0 Å². The Labute approximate surface area is 287 Å². The number of unbranched alkanes of at least 4 members (excludes halogenated alkanes) is 1. The number of allylic oxidation sites excluding steroid dienone is 1. The molecule has 3 unspecified atom stereocenters. The van der Waals surface area contributed by atoms with Crippen LogP contribution in [-0.4, -0.2) is 94.3 Å². The number of benzene rings is 2. The zero-order valence-electron chi connectivity index (χ0n) is 28.4. The molecule has 3 fully saturated rings. The van der Waals surface area contributed by atoms with Crippen LogP contribution in [0.25, 0.3) is 0 Å². The minimum Gasteiger partial charge on any atom is -0.504 e. The molecule has 10 rings (SSSR count). The van der Waals surface area contributed by atoms with Gasteiger partial charge in [0.2, 0.25) is 0 Å². The van der Waals surface area contributed by atoms with Crippen LogP contribution in [0.15, 0.2) is 48.1 Å². The first-order valence-electron chi connectivity index (χ1n) is 18.4. The number of rotatable bonds is 6. The Morgan fingerprint density at radius 1 is 1.00 bits per heavy atom. The van der Waals surface area contributed by atoms with Gasteiger partial charge in [0.25, 0.3) is 0 Å². The van der Waals surface area contributed by atoms with Gasteiger partial charge in [-0.1, -0.05) is 30.4 Å². The minimum atomic E-state index is -0.893. The average molecular weight is 667 g/mol. The van der Waals surface area contributed by atoms with E-state index in [1.807, 2.05) is 18.2 Å². The first-order valence-corrected chi connectivity index (χ1v) is 18.4. The predicted molar refractivity (Wildman–Crippen MR) is 181 cm³/mol. The van der Waals surface area contributed by atoms with Crippen molar-refractivity contribution >= 4 is 5.97 Å². The van der Waals surface area contributed by atoms with E-state index in [4.69, 9.17) is 14.2 Å². The van der Waals surface area contributed by atoms with Gasteiger partial charge in [-0.3, -0.25) is 4.79 Å². The van der Waals surface area contributed by atoms with Crippen molar-refractivity contribution in [1.82, 2.24) is 9.80 Å². The summed E-state index contributed by atoms with van der Waals surface area (Å²) in [7, 11) is 4.32. The van der Waals surface area contributed by atoms with E-state index >= 15 is 0 Å². The maximum absolute atomic E-state index is 13.4. The van der Waals surface area contributed by atoms with Crippen molar-refractivity contribution in [2.24, 2.45) is 5.92 Å². The van der Waals surface area contributed by atoms with Crippen LogP contribution in [0.5, 0.6) is 17.2 Å². The SMILES string of the molecule is CN1CC[C@]23c4c5ccc(O)c4OC2C(OC(=O)CCC/C=C2\CC[C@@]4(O)[C@H]6Cc7ccc(CO)c8c7[C@@]4(CCN6C)C2O8)C=C[C@H]3[C@H]1C5. The van der Waals surface area contributed by atoms with Crippen LogP contribution in [0, 0.1) is 5.92 Å². The van der Waals surface area contributed by atoms with E-state index in [1.54, 1.807) is 6.07 Å². The van der Waals surface area contributed by atoms with Crippen molar-refractivity contribution in [1.29, 1.82) is 0 Å². The Balaban J connectivity index is 0.865. The van der Waals surface area contributed by atoms with Gasteiger partial charge >= 0.3 is 5.97 Å². The van der Waals surface area contributed by atoms with Gasteiger partial charge in [0.1, 0.15) is 18.0 Å². The van der Waals surface area contributed by atoms with E-state index in [0.717, 1.165) is 67.6 Å². The molecule has 2 saturated heterocycles. The Bertz CT molecular complexity index is 1840. The van der Waals surface area contributed by atoms with Crippen LogP contribution in [-0.2, 0) is 39.8 Å². The summed E-state index contributed by atoms with van der Waals surface area (Å²) in [6, 6.07) is 8.29. The van der Waals surface area contributed by atoms with Gasteiger partial charge < -0.3 is 39.3 Å².